The van der Waals surface area contributed by atoms with Gasteiger partial charge in [-0.25, -0.2) is 13.2 Å². The number of benzene rings is 2. The summed E-state index contributed by atoms with van der Waals surface area (Å²) in [7, 11) is -3.48. The molecule has 2 aromatic rings. The first kappa shape index (κ1) is 20.4. The van der Waals surface area contributed by atoms with Crippen LogP contribution >= 0.6 is 0 Å². The van der Waals surface area contributed by atoms with Gasteiger partial charge in [0.15, 0.2) is 0 Å². The third-order valence-electron chi connectivity index (χ3n) is 3.76. The highest BCUT2D eigenvalue weighted by Crippen LogP contribution is 2.14. The number of carbonyl (C=O) groups is 2. The van der Waals surface area contributed by atoms with Gasteiger partial charge in [-0.05, 0) is 30.2 Å². The quantitative estimate of drug-likeness (QED) is 0.608. The summed E-state index contributed by atoms with van der Waals surface area (Å²) in [6.45, 7) is 1.75. The maximum atomic E-state index is 12.4. The number of nitrogens with one attached hydrogen (secondary N) is 2. The highest BCUT2D eigenvalue weighted by molar-refractivity contribution is 7.92. The fourth-order valence-electron chi connectivity index (χ4n) is 2.51. The molecule has 7 nitrogen and oxygen atoms in total. The van der Waals surface area contributed by atoms with Gasteiger partial charge in [0, 0.05) is 17.7 Å². The first-order valence-electron chi connectivity index (χ1n) is 8.49. The molecular formula is C19H22N2O5S. The zero-order chi connectivity index (χ0) is 19.9. The number of anilines is 1. The summed E-state index contributed by atoms with van der Waals surface area (Å²) in [6.07, 6.45) is 0.611. The van der Waals surface area contributed by atoms with E-state index in [1.54, 1.807) is 31.2 Å². The van der Waals surface area contributed by atoms with Gasteiger partial charge in [-0.1, -0.05) is 43.3 Å². The molecule has 0 saturated carbocycles. The molecule has 0 unspecified atom stereocenters. The fraction of sp³-hybridized carbons (Fsp3) is 0.263. The van der Waals surface area contributed by atoms with Crippen LogP contribution in [0.25, 0.3) is 0 Å². The van der Waals surface area contributed by atoms with Crippen LogP contribution < -0.4 is 10.0 Å². The van der Waals surface area contributed by atoms with E-state index in [4.69, 9.17) is 0 Å². The Labute approximate surface area is 158 Å². The Bertz CT molecular complexity index is 897. The summed E-state index contributed by atoms with van der Waals surface area (Å²) >= 11 is 0. The lowest BCUT2D eigenvalue weighted by Crippen LogP contribution is -2.42. The van der Waals surface area contributed by atoms with Gasteiger partial charge in [-0.3, -0.25) is 9.52 Å². The smallest absolute Gasteiger partial charge is 0.326 e. The van der Waals surface area contributed by atoms with E-state index in [0.29, 0.717) is 6.42 Å². The average Bonchev–Trinajstić information content (AvgIpc) is 2.61. The highest BCUT2D eigenvalue weighted by atomic mass is 32.2. The molecule has 3 N–H and O–H groups in total. The van der Waals surface area contributed by atoms with Crippen molar-refractivity contribution in [1.29, 1.82) is 0 Å². The van der Waals surface area contributed by atoms with Gasteiger partial charge in [0.2, 0.25) is 10.0 Å². The van der Waals surface area contributed by atoms with E-state index in [1.807, 2.05) is 6.07 Å². The molecule has 0 spiro atoms. The molecule has 0 bridgehead atoms. The Morgan fingerprint density at radius 2 is 1.78 bits per heavy atom. The average molecular weight is 390 g/mol. The van der Waals surface area contributed by atoms with Crippen LogP contribution in [-0.4, -0.2) is 37.2 Å². The van der Waals surface area contributed by atoms with E-state index in [0.717, 1.165) is 5.56 Å². The molecular weight excluding hydrogens is 368 g/mol. The maximum Gasteiger partial charge on any atom is 0.326 e. The second-order valence-corrected chi connectivity index (χ2v) is 7.90. The minimum Gasteiger partial charge on any atom is -0.480 e. The van der Waals surface area contributed by atoms with Crippen LogP contribution in [0.3, 0.4) is 0 Å². The molecule has 144 valence electrons. The number of hydrogen-bond acceptors (Lipinski definition) is 4. The van der Waals surface area contributed by atoms with E-state index in [-0.39, 0.29) is 23.4 Å². The van der Waals surface area contributed by atoms with E-state index in [2.05, 4.69) is 10.0 Å². The number of carboxylic acid groups (broad SMARTS) is 1. The SMILES string of the molecule is CCCS(=O)(=O)Nc1cccc(C(=O)N[C@@H](Cc2ccccc2)C(=O)O)c1. The molecule has 0 fully saturated rings. The maximum absolute atomic E-state index is 12.4. The van der Waals surface area contributed by atoms with Crippen molar-refractivity contribution in [2.45, 2.75) is 25.8 Å². The van der Waals surface area contributed by atoms with Gasteiger partial charge < -0.3 is 10.4 Å². The van der Waals surface area contributed by atoms with Gasteiger partial charge in [0.05, 0.1) is 5.75 Å². The minimum absolute atomic E-state index is 0.0262. The summed E-state index contributed by atoms with van der Waals surface area (Å²) in [6, 6.07) is 13.8. The van der Waals surface area contributed by atoms with Crippen LogP contribution in [0, 0.1) is 0 Å². The summed E-state index contributed by atoms with van der Waals surface area (Å²) in [5.41, 5.74) is 1.21. The van der Waals surface area contributed by atoms with E-state index in [9.17, 15) is 23.1 Å². The van der Waals surface area contributed by atoms with E-state index < -0.39 is 27.9 Å². The van der Waals surface area contributed by atoms with Crippen molar-refractivity contribution in [2.75, 3.05) is 10.5 Å². The zero-order valence-electron chi connectivity index (χ0n) is 14.9. The van der Waals surface area contributed by atoms with Crippen molar-refractivity contribution in [3.63, 3.8) is 0 Å². The van der Waals surface area contributed by atoms with Crippen molar-refractivity contribution in [3.8, 4) is 0 Å². The number of hydrogen-bond donors (Lipinski definition) is 3. The van der Waals surface area contributed by atoms with Crippen molar-refractivity contribution < 1.29 is 23.1 Å². The Morgan fingerprint density at radius 3 is 2.41 bits per heavy atom. The predicted molar refractivity (Wildman–Crippen MR) is 103 cm³/mol. The van der Waals surface area contributed by atoms with E-state index in [1.165, 1.54) is 24.3 Å². The van der Waals surface area contributed by atoms with Gasteiger partial charge in [-0.15, -0.1) is 0 Å². The molecule has 0 saturated heterocycles. The molecule has 2 rings (SSSR count). The molecule has 2 aromatic carbocycles. The zero-order valence-corrected chi connectivity index (χ0v) is 15.7. The topological polar surface area (TPSA) is 113 Å². The van der Waals surface area contributed by atoms with Gasteiger partial charge in [0.1, 0.15) is 6.04 Å². The molecule has 0 aliphatic rings. The van der Waals surface area contributed by atoms with Crippen LogP contribution in [0.2, 0.25) is 0 Å². The minimum atomic E-state index is -3.48. The molecule has 0 heterocycles. The number of amides is 1. The largest absolute Gasteiger partial charge is 0.480 e. The van der Waals surface area contributed by atoms with Gasteiger partial charge in [-0.2, -0.15) is 0 Å². The Kier molecular flexibility index (Phi) is 6.95. The number of rotatable bonds is 9. The van der Waals surface area contributed by atoms with Crippen molar-refractivity contribution >= 4 is 27.6 Å². The third kappa shape index (κ3) is 6.41. The number of aliphatic carboxylic acids is 1. The summed E-state index contributed by atoms with van der Waals surface area (Å²) in [5, 5.41) is 11.9. The van der Waals surface area contributed by atoms with Crippen LogP contribution in [0.4, 0.5) is 5.69 Å². The molecule has 0 aliphatic carbocycles. The molecule has 0 radical (unpaired) electrons. The van der Waals surface area contributed by atoms with Crippen LogP contribution in [0.15, 0.2) is 54.6 Å². The van der Waals surface area contributed by atoms with Crippen LogP contribution in [0.1, 0.15) is 29.3 Å². The fourth-order valence-corrected chi connectivity index (χ4v) is 3.64. The molecule has 0 aliphatic heterocycles. The monoisotopic (exact) mass is 390 g/mol. The second-order valence-electron chi connectivity index (χ2n) is 6.06. The van der Waals surface area contributed by atoms with Crippen molar-refractivity contribution in [1.82, 2.24) is 5.32 Å². The standard InChI is InChI=1S/C19H22N2O5S/c1-2-11-27(25,26)21-16-10-6-9-15(13-16)18(22)20-17(19(23)24)12-14-7-4-3-5-8-14/h3-10,13,17,21H,2,11-12H2,1H3,(H,20,22)(H,23,24)/t17-/m0/s1. The molecule has 8 heteroatoms. The number of carboxylic acids is 1. The summed E-state index contributed by atoms with van der Waals surface area (Å²) < 4.78 is 26.1. The normalized spacial score (nSPS) is 12.2. The van der Waals surface area contributed by atoms with Gasteiger partial charge in [0.25, 0.3) is 5.91 Å². The van der Waals surface area contributed by atoms with Crippen LogP contribution in [0.5, 0.6) is 0 Å². The Hall–Kier alpha value is -2.87. The lowest BCUT2D eigenvalue weighted by atomic mass is 10.1. The van der Waals surface area contributed by atoms with Crippen molar-refractivity contribution in [2.24, 2.45) is 0 Å². The second kappa shape index (κ2) is 9.18. The van der Waals surface area contributed by atoms with Crippen LogP contribution in [-0.2, 0) is 21.2 Å². The molecule has 1 atom stereocenters. The number of carbonyl (C=O) groups excluding carboxylic acids is 1. The third-order valence-corrected chi connectivity index (χ3v) is 5.25. The Morgan fingerprint density at radius 1 is 1.07 bits per heavy atom. The summed E-state index contributed by atoms with van der Waals surface area (Å²) in [4.78, 5) is 23.9. The lowest BCUT2D eigenvalue weighted by molar-refractivity contribution is -0.139. The predicted octanol–water partition coefficient (Wildman–Crippen LogP) is 2.26. The van der Waals surface area contributed by atoms with Gasteiger partial charge >= 0.3 is 5.97 Å². The first-order chi connectivity index (χ1) is 12.8. The lowest BCUT2D eigenvalue weighted by Gasteiger charge is -2.15. The summed E-state index contributed by atoms with van der Waals surface area (Å²) in [5.74, 6) is -1.76. The highest BCUT2D eigenvalue weighted by Gasteiger charge is 2.21. The first-order valence-corrected chi connectivity index (χ1v) is 10.1. The number of sulfonamides is 1. The molecule has 0 aromatic heterocycles. The van der Waals surface area contributed by atoms with E-state index >= 15 is 0 Å². The molecule has 1 amide bonds. The Balaban J connectivity index is 2.11. The molecule has 27 heavy (non-hydrogen) atoms. The van der Waals surface area contributed by atoms with Crippen molar-refractivity contribution in [3.05, 3.63) is 65.7 Å².